The lowest BCUT2D eigenvalue weighted by Crippen LogP contribution is -2.26. The summed E-state index contributed by atoms with van der Waals surface area (Å²) in [5.41, 5.74) is 3.63. The van der Waals surface area contributed by atoms with Crippen LogP contribution in [0.5, 0.6) is 0 Å². The zero-order valence-corrected chi connectivity index (χ0v) is 16.1. The molecule has 1 amide bonds. The quantitative estimate of drug-likeness (QED) is 0.654. The summed E-state index contributed by atoms with van der Waals surface area (Å²) in [4.78, 5) is 25.4. The van der Waals surface area contributed by atoms with Crippen LogP contribution in [0.15, 0.2) is 59.1 Å². The minimum absolute atomic E-state index is 0.0116. The molecule has 3 aromatic rings. The molecule has 0 aliphatic rings. The van der Waals surface area contributed by atoms with Crippen molar-refractivity contribution in [1.82, 2.24) is 5.16 Å². The van der Waals surface area contributed by atoms with Crippen LogP contribution in [0.3, 0.4) is 0 Å². The Labute approximate surface area is 163 Å². The monoisotopic (exact) mass is 378 g/mol. The van der Waals surface area contributed by atoms with Crippen molar-refractivity contribution in [3.63, 3.8) is 0 Å². The number of carbonyl (C=O) groups is 2. The van der Waals surface area contributed by atoms with Gasteiger partial charge in [0.05, 0.1) is 12.1 Å². The molecule has 28 heavy (non-hydrogen) atoms. The first-order valence-corrected chi connectivity index (χ1v) is 8.97. The van der Waals surface area contributed by atoms with Crippen molar-refractivity contribution in [2.45, 2.75) is 33.3 Å². The fraction of sp³-hybridized carbons (Fsp3) is 0.227. The van der Waals surface area contributed by atoms with Crippen LogP contribution in [0.2, 0.25) is 0 Å². The van der Waals surface area contributed by atoms with E-state index in [9.17, 15) is 9.59 Å². The number of nitrogens with one attached hydrogen (secondary N) is 1. The third kappa shape index (κ3) is 4.65. The van der Waals surface area contributed by atoms with Gasteiger partial charge in [-0.1, -0.05) is 53.2 Å². The van der Waals surface area contributed by atoms with Crippen molar-refractivity contribution in [1.29, 1.82) is 0 Å². The number of ether oxygens (including phenoxy) is 1. The highest BCUT2D eigenvalue weighted by Crippen LogP contribution is 2.22. The number of amides is 1. The Kier molecular flexibility index (Phi) is 5.89. The Bertz CT molecular complexity index is 942. The average molecular weight is 378 g/mol. The first-order chi connectivity index (χ1) is 13.4. The molecular formula is C22H22N2O4. The van der Waals surface area contributed by atoms with Gasteiger partial charge in [0.15, 0.2) is 0 Å². The van der Waals surface area contributed by atoms with E-state index in [0.29, 0.717) is 28.3 Å². The Hall–Kier alpha value is -3.41. The van der Waals surface area contributed by atoms with Crippen molar-refractivity contribution >= 4 is 17.6 Å². The number of hydrogen-bond acceptors (Lipinski definition) is 5. The van der Waals surface area contributed by atoms with Gasteiger partial charge in [0.25, 0.3) is 5.91 Å². The fourth-order valence-corrected chi connectivity index (χ4v) is 2.82. The molecule has 0 spiro atoms. The highest BCUT2D eigenvalue weighted by Gasteiger charge is 2.26. The van der Waals surface area contributed by atoms with Gasteiger partial charge >= 0.3 is 5.97 Å². The molecule has 0 aliphatic carbocycles. The lowest BCUT2D eigenvalue weighted by Gasteiger charge is -2.18. The predicted molar refractivity (Wildman–Crippen MR) is 105 cm³/mol. The predicted octanol–water partition coefficient (Wildman–Crippen LogP) is 4.07. The van der Waals surface area contributed by atoms with Crippen LogP contribution < -0.4 is 5.32 Å². The maximum Gasteiger partial charge on any atom is 0.311 e. The minimum atomic E-state index is -1.06. The van der Waals surface area contributed by atoms with Gasteiger partial charge < -0.3 is 14.6 Å². The zero-order chi connectivity index (χ0) is 20.1. The number of aryl methyl sites for hydroxylation is 3. The van der Waals surface area contributed by atoms with Crippen molar-refractivity contribution in [2.24, 2.45) is 0 Å². The molecule has 1 heterocycles. The number of nitrogens with zero attached hydrogens (tertiary/aromatic N) is 1. The summed E-state index contributed by atoms with van der Waals surface area (Å²) in [7, 11) is 0. The van der Waals surface area contributed by atoms with Gasteiger partial charge in [-0.25, -0.2) is 0 Å². The normalized spacial score (nSPS) is 11.7. The summed E-state index contributed by atoms with van der Waals surface area (Å²) < 4.78 is 10.6. The Morgan fingerprint density at radius 3 is 2.32 bits per heavy atom. The topological polar surface area (TPSA) is 81.4 Å². The molecule has 0 saturated heterocycles. The van der Waals surface area contributed by atoms with Gasteiger partial charge in [0.1, 0.15) is 5.76 Å². The molecule has 6 nitrogen and oxygen atoms in total. The summed E-state index contributed by atoms with van der Waals surface area (Å²) in [5.74, 6) is -0.376. The number of aromatic nitrogens is 1. The van der Waals surface area contributed by atoms with Crippen LogP contribution in [0.25, 0.3) is 0 Å². The molecule has 0 fully saturated rings. The number of hydrogen-bond donors (Lipinski definition) is 1. The molecule has 0 radical (unpaired) electrons. The second kappa shape index (κ2) is 8.52. The molecule has 0 saturated carbocycles. The molecule has 1 aromatic heterocycles. The van der Waals surface area contributed by atoms with E-state index in [0.717, 1.165) is 5.56 Å². The lowest BCUT2D eigenvalue weighted by molar-refractivity contribution is -0.154. The maximum absolute atomic E-state index is 12.9. The summed E-state index contributed by atoms with van der Waals surface area (Å²) in [6, 6.07) is 16.3. The van der Waals surface area contributed by atoms with Gasteiger partial charge in [-0.2, -0.15) is 0 Å². The van der Waals surface area contributed by atoms with Crippen LogP contribution in [-0.4, -0.2) is 17.0 Å². The Morgan fingerprint density at radius 1 is 1.04 bits per heavy atom. The van der Waals surface area contributed by atoms with E-state index in [1.807, 2.05) is 25.1 Å². The van der Waals surface area contributed by atoms with Crippen molar-refractivity contribution < 1.29 is 18.8 Å². The van der Waals surface area contributed by atoms with Crippen molar-refractivity contribution in [3.8, 4) is 0 Å². The third-order valence-corrected chi connectivity index (χ3v) is 4.41. The Balaban J connectivity index is 1.78. The molecule has 6 heteroatoms. The first-order valence-electron chi connectivity index (χ1n) is 8.97. The van der Waals surface area contributed by atoms with Gasteiger partial charge in [0.2, 0.25) is 6.10 Å². The smallest absolute Gasteiger partial charge is 0.311 e. The Morgan fingerprint density at radius 2 is 1.71 bits per heavy atom. The van der Waals surface area contributed by atoms with E-state index in [-0.39, 0.29) is 6.42 Å². The number of rotatable bonds is 6. The second-order valence-electron chi connectivity index (χ2n) is 6.62. The number of benzene rings is 2. The largest absolute Gasteiger partial charge is 0.447 e. The highest BCUT2D eigenvalue weighted by atomic mass is 16.5. The molecule has 2 aromatic carbocycles. The van der Waals surface area contributed by atoms with E-state index in [4.69, 9.17) is 9.26 Å². The molecular weight excluding hydrogens is 356 g/mol. The minimum Gasteiger partial charge on any atom is -0.447 e. The molecule has 3 rings (SSSR count). The van der Waals surface area contributed by atoms with Gasteiger partial charge in [0, 0.05) is 16.8 Å². The van der Waals surface area contributed by atoms with Crippen LogP contribution in [0, 0.1) is 20.8 Å². The van der Waals surface area contributed by atoms with E-state index < -0.39 is 18.0 Å². The molecule has 0 aliphatic heterocycles. The number of esters is 1. The van der Waals surface area contributed by atoms with Gasteiger partial charge in [-0.15, -0.1) is 0 Å². The zero-order valence-electron chi connectivity index (χ0n) is 16.1. The second-order valence-corrected chi connectivity index (χ2v) is 6.62. The molecule has 144 valence electrons. The van der Waals surface area contributed by atoms with Crippen molar-refractivity contribution in [2.75, 3.05) is 5.32 Å². The number of anilines is 1. The van der Waals surface area contributed by atoms with E-state index >= 15 is 0 Å². The molecule has 1 atom stereocenters. The van der Waals surface area contributed by atoms with Crippen LogP contribution in [-0.2, 0) is 20.7 Å². The summed E-state index contributed by atoms with van der Waals surface area (Å²) in [5, 5.41) is 6.65. The summed E-state index contributed by atoms with van der Waals surface area (Å²) in [6.07, 6.45) is -1.07. The fourth-order valence-electron chi connectivity index (χ4n) is 2.82. The van der Waals surface area contributed by atoms with Crippen LogP contribution >= 0.6 is 0 Å². The van der Waals surface area contributed by atoms with Crippen molar-refractivity contribution in [3.05, 3.63) is 82.7 Å². The van der Waals surface area contributed by atoms with Gasteiger partial charge in [-0.3, -0.25) is 9.59 Å². The first kappa shape index (κ1) is 19.4. The van der Waals surface area contributed by atoms with Gasteiger partial charge in [-0.05, 0) is 32.9 Å². The summed E-state index contributed by atoms with van der Waals surface area (Å²) in [6.45, 7) is 5.47. The maximum atomic E-state index is 12.9. The average Bonchev–Trinajstić information content (AvgIpc) is 3.00. The molecule has 1 N–H and O–H groups in total. The molecule has 0 bridgehead atoms. The molecule has 1 unspecified atom stereocenters. The van der Waals surface area contributed by atoms with Crippen LogP contribution in [0.4, 0.5) is 5.69 Å². The van der Waals surface area contributed by atoms with E-state index in [1.54, 1.807) is 50.2 Å². The summed E-state index contributed by atoms with van der Waals surface area (Å²) >= 11 is 0. The van der Waals surface area contributed by atoms with E-state index in [1.165, 1.54) is 0 Å². The lowest BCUT2D eigenvalue weighted by atomic mass is 10.1. The standard InChI is InChI=1S/C22H22N2O4/c1-14-9-11-18(12-10-14)23-22(26)21(17-7-5-4-6-8-17)27-20(25)13-19-15(2)24-28-16(19)3/h4-12,21H,13H2,1-3H3,(H,23,26). The van der Waals surface area contributed by atoms with E-state index in [2.05, 4.69) is 10.5 Å². The third-order valence-electron chi connectivity index (χ3n) is 4.41. The van der Waals surface area contributed by atoms with Crippen LogP contribution in [0.1, 0.15) is 34.2 Å². The SMILES string of the molecule is Cc1ccc(NC(=O)C(OC(=O)Cc2c(C)noc2C)c2ccccc2)cc1. The highest BCUT2D eigenvalue weighted by molar-refractivity contribution is 5.96. The number of carbonyl (C=O) groups excluding carboxylic acids is 2.